The Morgan fingerprint density at radius 3 is 2.13 bits per heavy atom. The highest BCUT2D eigenvalue weighted by Gasteiger charge is 2.33. The molecule has 0 bridgehead atoms. The van der Waals surface area contributed by atoms with Crippen molar-refractivity contribution in [3.8, 4) is 0 Å². The van der Waals surface area contributed by atoms with Crippen molar-refractivity contribution >= 4 is 40.9 Å². The molecule has 2 amide bonds. The minimum atomic E-state index is -0.949. The van der Waals surface area contributed by atoms with Crippen LogP contribution in [0.15, 0.2) is 59.5 Å². The maximum absolute atomic E-state index is 12.5. The zero-order valence-electron chi connectivity index (χ0n) is 17.6. The summed E-state index contributed by atoms with van der Waals surface area (Å²) in [6.45, 7) is 3.98. The third-order valence-corrected chi connectivity index (χ3v) is 6.10. The lowest BCUT2D eigenvalue weighted by Crippen LogP contribution is -2.34. The molecule has 7 heteroatoms. The van der Waals surface area contributed by atoms with Crippen LogP contribution in [0.1, 0.15) is 24.0 Å². The monoisotopic (exact) mass is 438 g/mol. The number of allylic oxidation sites excluding steroid dienone is 2. The molecule has 2 unspecified atom stereocenters. The van der Waals surface area contributed by atoms with Crippen LogP contribution in [0.5, 0.6) is 0 Å². The molecule has 2 atom stereocenters. The van der Waals surface area contributed by atoms with Crippen LogP contribution >= 0.6 is 11.8 Å². The molecule has 0 radical (unpaired) electrons. The normalized spacial score (nSPS) is 17.7. The predicted octanol–water partition coefficient (Wildman–Crippen LogP) is 4.64. The highest BCUT2D eigenvalue weighted by atomic mass is 32.2. The molecule has 3 N–H and O–H groups in total. The summed E-state index contributed by atoms with van der Waals surface area (Å²) in [5, 5.41) is 15.1. The van der Waals surface area contributed by atoms with Gasteiger partial charge in [0.2, 0.25) is 11.8 Å². The van der Waals surface area contributed by atoms with E-state index in [-0.39, 0.29) is 17.6 Å². The van der Waals surface area contributed by atoms with Gasteiger partial charge in [-0.05, 0) is 74.2 Å². The van der Waals surface area contributed by atoms with E-state index in [1.165, 1.54) is 11.8 Å². The quantitative estimate of drug-likeness (QED) is 0.432. The summed E-state index contributed by atoms with van der Waals surface area (Å²) < 4.78 is 0. The first-order valence-corrected chi connectivity index (χ1v) is 11.1. The molecule has 0 aliphatic heterocycles. The lowest BCUT2D eigenvalue weighted by atomic mass is 9.82. The van der Waals surface area contributed by atoms with E-state index in [4.69, 9.17) is 0 Å². The highest BCUT2D eigenvalue weighted by Crippen LogP contribution is 2.28. The first-order chi connectivity index (χ1) is 14.8. The van der Waals surface area contributed by atoms with Crippen LogP contribution in [0.4, 0.5) is 11.4 Å². The van der Waals surface area contributed by atoms with Gasteiger partial charge in [0.15, 0.2) is 0 Å². The number of anilines is 2. The standard InChI is InChI=1S/C24H26N2O4S/c1-15-11-16(2)13-18(12-15)25-22(27)14-31-19-9-7-17(8-10-19)26-23(28)20-5-3-4-6-21(20)24(29)30/h3-4,7-13,20-21H,5-6,14H2,1-2H3,(H,25,27)(H,26,28)(H,29,30). The summed E-state index contributed by atoms with van der Waals surface area (Å²) in [5.41, 5.74) is 3.59. The van der Waals surface area contributed by atoms with Crippen molar-refractivity contribution in [2.45, 2.75) is 31.6 Å². The van der Waals surface area contributed by atoms with Gasteiger partial charge in [0, 0.05) is 16.3 Å². The maximum atomic E-state index is 12.5. The van der Waals surface area contributed by atoms with Crippen LogP contribution in [0.2, 0.25) is 0 Å². The van der Waals surface area contributed by atoms with Gasteiger partial charge in [0.1, 0.15) is 0 Å². The number of benzene rings is 2. The van der Waals surface area contributed by atoms with E-state index in [1.807, 2.05) is 50.3 Å². The number of carboxylic acids is 1. The Kier molecular flexibility index (Phi) is 7.52. The molecule has 0 spiro atoms. The van der Waals surface area contributed by atoms with Crippen molar-refractivity contribution < 1.29 is 19.5 Å². The summed E-state index contributed by atoms with van der Waals surface area (Å²) >= 11 is 1.40. The van der Waals surface area contributed by atoms with Crippen molar-refractivity contribution in [3.05, 3.63) is 65.7 Å². The Hall–Kier alpha value is -3.06. The van der Waals surface area contributed by atoms with Gasteiger partial charge in [-0.15, -0.1) is 11.8 Å². The van der Waals surface area contributed by atoms with E-state index < -0.39 is 17.8 Å². The number of rotatable bonds is 7. The van der Waals surface area contributed by atoms with Crippen molar-refractivity contribution in [2.75, 3.05) is 16.4 Å². The smallest absolute Gasteiger partial charge is 0.307 e. The van der Waals surface area contributed by atoms with Crippen molar-refractivity contribution in [3.63, 3.8) is 0 Å². The van der Waals surface area contributed by atoms with E-state index in [0.29, 0.717) is 18.5 Å². The Labute approximate surface area is 186 Å². The topological polar surface area (TPSA) is 95.5 Å². The van der Waals surface area contributed by atoms with E-state index in [0.717, 1.165) is 21.7 Å². The van der Waals surface area contributed by atoms with Gasteiger partial charge in [-0.1, -0.05) is 18.2 Å². The van der Waals surface area contributed by atoms with Crippen LogP contribution in [0.3, 0.4) is 0 Å². The number of nitrogens with one attached hydrogen (secondary N) is 2. The first kappa shape index (κ1) is 22.6. The minimum Gasteiger partial charge on any atom is -0.481 e. The van der Waals surface area contributed by atoms with E-state index in [1.54, 1.807) is 12.1 Å². The van der Waals surface area contributed by atoms with Gasteiger partial charge in [-0.3, -0.25) is 14.4 Å². The molecule has 1 aliphatic rings. The second kappa shape index (κ2) is 10.3. The molecular formula is C24H26N2O4S. The van der Waals surface area contributed by atoms with Gasteiger partial charge < -0.3 is 15.7 Å². The molecule has 162 valence electrons. The number of carboxylic acid groups (broad SMARTS) is 1. The Bertz CT molecular complexity index is 981. The molecule has 0 aromatic heterocycles. The van der Waals surface area contributed by atoms with E-state index in [9.17, 15) is 19.5 Å². The van der Waals surface area contributed by atoms with Gasteiger partial charge in [0.25, 0.3) is 0 Å². The number of hydrogen-bond acceptors (Lipinski definition) is 4. The van der Waals surface area contributed by atoms with Gasteiger partial charge in [0.05, 0.1) is 17.6 Å². The van der Waals surface area contributed by atoms with Gasteiger partial charge in [-0.2, -0.15) is 0 Å². The summed E-state index contributed by atoms with van der Waals surface area (Å²) in [5.74, 6) is -2.33. The predicted molar refractivity (Wildman–Crippen MR) is 123 cm³/mol. The average Bonchev–Trinajstić information content (AvgIpc) is 2.72. The SMILES string of the molecule is Cc1cc(C)cc(NC(=O)CSc2ccc(NC(=O)C3CC=CCC3C(=O)O)cc2)c1. The molecule has 0 saturated heterocycles. The van der Waals surface area contributed by atoms with Gasteiger partial charge in [-0.25, -0.2) is 0 Å². The molecule has 2 aromatic carbocycles. The van der Waals surface area contributed by atoms with Crippen molar-refractivity contribution in [1.82, 2.24) is 0 Å². The first-order valence-electron chi connectivity index (χ1n) is 10.1. The van der Waals surface area contributed by atoms with Crippen LogP contribution in [-0.4, -0.2) is 28.6 Å². The number of hydrogen-bond donors (Lipinski definition) is 3. The molecule has 0 heterocycles. The summed E-state index contributed by atoms with van der Waals surface area (Å²) in [6.07, 6.45) is 4.46. The minimum absolute atomic E-state index is 0.0857. The van der Waals surface area contributed by atoms with Crippen molar-refractivity contribution in [1.29, 1.82) is 0 Å². The number of thioether (sulfide) groups is 1. The fraction of sp³-hybridized carbons (Fsp3) is 0.292. The Morgan fingerprint density at radius 2 is 1.52 bits per heavy atom. The summed E-state index contributed by atoms with van der Waals surface area (Å²) in [6, 6.07) is 13.1. The lowest BCUT2D eigenvalue weighted by Gasteiger charge is -2.24. The molecule has 31 heavy (non-hydrogen) atoms. The summed E-state index contributed by atoms with van der Waals surface area (Å²) in [4.78, 5) is 37.1. The fourth-order valence-electron chi connectivity index (χ4n) is 3.64. The number of carbonyl (C=O) groups is 3. The molecule has 0 fully saturated rings. The number of carbonyl (C=O) groups excluding carboxylic acids is 2. The molecule has 0 saturated carbocycles. The van der Waals surface area contributed by atoms with E-state index >= 15 is 0 Å². The zero-order valence-corrected chi connectivity index (χ0v) is 18.4. The Morgan fingerprint density at radius 1 is 0.903 bits per heavy atom. The molecule has 2 aromatic rings. The van der Waals surface area contributed by atoms with E-state index in [2.05, 4.69) is 16.7 Å². The molecule has 3 rings (SSSR count). The average molecular weight is 439 g/mol. The number of aliphatic carboxylic acids is 1. The Balaban J connectivity index is 1.51. The van der Waals surface area contributed by atoms with Crippen LogP contribution < -0.4 is 10.6 Å². The summed E-state index contributed by atoms with van der Waals surface area (Å²) in [7, 11) is 0. The largest absolute Gasteiger partial charge is 0.481 e. The third kappa shape index (κ3) is 6.46. The van der Waals surface area contributed by atoms with Crippen molar-refractivity contribution in [2.24, 2.45) is 11.8 Å². The maximum Gasteiger partial charge on any atom is 0.307 e. The highest BCUT2D eigenvalue weighted by molar-refractivity contribution is 8.00. The number of amides is 2. The fourth-order valence-corrected chi connectivity index (χ4v) is 4.34. The van der Waals surface area contributed by atoms with Gasteiger partial charge >= 0.3 is 5.97 Å². The second-order valence-electron chi connectivity index (χ2n) is 7.72. The lowest BCUT2D eigenvalue weighted by molar-refractivity contribution is -0.146. The zero-order chi connectivity index (χ0) is 22.4. The van der Waals surface area contributed by atoms with Crippen LogP contribution in [-0.2, 0) is 14.4 Å². The molecular weight excluding hydrogens is 412 g/mol. The molecule has 6 nitrogen and oxygen atoms in total. The van der Waals surface area contributed by atoms with Crippen LogP contribution in [0, 0.1) is 25.7 Å². The molecule has 1 aliphatic carbocycles. The third-order valence-electron chi connectivity index (χ3n) is 5.08. The van der Waals surface area contributed by atoms with Crippen LogP contribution in [0.25, 0.3) is 0 Å². The number of aryl methyl sites for hydroxylation is 2. The second-order valence-corrected chi connectivity index (χ2v) is 8.77.